The second-order valence-corrected chi connectivity index (χ2v) is 8.22. The highest BCUT2D eigenvalue weighted by Crippen LogP contribution is 2.32. The topological polar surface area (TPSA) is 67.9 Å². The fourth-order valence-corrected chi connectivity index (χ4v) is 3.20. The van der Waals surface area contributed by atoms with Gasteiger partial charge in [0.2, 0.25) is 0 Å². The van der Waals surface area contributed by atoms with Gasteiger partial charge in [-0.2, -0.15) is 0 Å². The molecule has 28 heavy (non-hydrogen) atoms. The molecule has 2 amide bonds. The normalized spacial score (nSPS) is 15.1. The molecule has 0 bridgehead atoms. The molecule has 1 fully saturated rings. The Balaban J connectivity index is 1.84. The lowest BCUT2D eigenvalue weighted by Crippen LogP contribution is -2.47. The maximum absolute atomic E-state index is 12.5. The monoisotopic (exact) mass is 388 g/mol. The second-order valence-electron chi connectivity index (χ2n) is 8.22. The van der Waals surface area contributed by atoms with Crippen molar-refractivity contribution in [2.24, 2.45) is 0 Å². The van der Waals surface area contributed by atoms with Gasteiger partial charge in [0.05, 0.1) is 0 Å². The highest BCUT2D eigenvalue weighted by atomic mass is 16.5. The summed E-state index contributed by atoms with van der Waals surface area (Å²) in [6.07, 6.45) is 2.49. The summed E-state index contributed by atoms with van der Waals surface area (Å²) in [5, 5.41) is 2.82. The van der Waals surface area contributed by atoms with E-state index in [0.29, 0.717) is 25.9 Å². The number of amides is 2. The van der Waals surface area contributed by atoms with E-state index < -0.39 is 6.09 Å². The van der Waals surface area contributed by atoms with Crippen LogP contribution in [0.5, 0.6) is 5.75 Å². The number of alkyl carbamates (subject to hydrolysis) is 1. The summed E-state index contributed by atoms with van der Waals surface area (Å²) >= 11 is 0. The van der Waals surface area contributed by atoms with Crippen LogP contribution in [0.4, 0.5) is 4.79 Å². The maximum Gasteiger partial charge on any atom is 0.407 e. The van der Waals surface area contributed by atoms with Crippen LogP contribution in [-0.2, 0) is 14.9 Å². The van der Waals surface area contributed by atoms with Crippen molar-refractivity contribution in [3.8, 4) is 5.75 Å². The summed E-state index contributed by atoms with van der Waals surface area (Å²) in [6.45, 7) is 13.4. The number of likely N-dealkylation sites (tertiary alicyclic amines) is 1. The van der Waals surface area contributed by atoms with Gasteiger partial charge in [-0.15, -0.1) is 0 Å². The number of nitrogens with one attached hydrogen (secondary N) is 1. The Morgan fingerprint density at radius 3 is 2.57 bits per heavy atom. The summed E-state index contributed by atoms with van der Waals surface area (Å²) in [5.41, 5.74) is 2.21. The molecule has 0 unspecified atom stereocenters. The summed E-state index contributed by atoms with van der Waals surface area (Å²) in [4.78, 5) is 25.9. The Bertz CT molecular complexity index is 701. The van der Waals surface area contributed by atoms with Crippen LogP contribution in [0.15, 0.2) is 30.9 Å². The van der Waals surface area contributed by atoms with Crippen molar-refractivity contribution in [2.75, 3.05) is 26.3 Å². The molecule has 0 spiro atoms. The van der Waals surface area contributed by atoms with Crippen LogP contribution in [0.3, 0.4) is 0 Å². The zero-order chi connectivity index (χ0) is 20.7. The van der Waals surface area contributed by atoms with Crippen molar-refractivity contribution in [3.05, 3.63) is 42.0 Å². The fraction of sp³-hybridized carbons (Fsp3) is 0.545. The maximum atomic E-state index is 12.5. The van der Waals surface area contributed by atoms with Gasteiger partial charge in [0.15, 0.2) is 6.61 Å². The standard InChI is InChI=1S/C22H32N2O4/c1-6-13-27-21(26)23-17-9-11-24(12-10-17)20(25)15-28-19-8-7-16(2)14-18(19)22(3,4)5/h6-8,14,17H,1,9-13,15H2,2-5H3,(H,23,26). The lowest BCUT2D eigenvalue weighted by Gasteiger charge is -2.32. The van der Waals surface area contributed by atoms with E-state index in [1.807, 2.05) is 12.1 Å². The average molecular weight is 389 g/mol. The molecular formula is C22H32N2O4. The van der Waals surface area contributed by atoms with Crippen LogP contribution in [0, 0.1) is 6.92 Å². The number of benzene rings is 1. The third kappa shape index (κ3) is 6.29. The third-order valence-corrected chi connectivity index (χ3v) is 4.80. The Kier molecular flexibility index (Phi) is 7.49. The highest BCUT2D eigenvalue weighted by molar-refractivity contribution is 5.78. The number of rotatable bonds is 6. The van der Waals surface area contributed by atoms with E-state index in [-0.39, 0.29) is 30.6 Å². The number of carbonyl (C=O) groups excluding carboxylic acids is 2. The molecule has 0 aliphatic carbocycles. The van der Waals surface area contributed by atoms with E-state index in [2.05, 4.69) is 45.7 Å². The molecule has 1 N–H and O–H groups in total. The first-order valence-electron chi connectivity index (χ1n) is 9.76. The fourth-order valence-electron chi connectivity index (χ4n) is 3.20. The molecule has 154 valence electrons. The number of hydrogen-bond donors (Lipinski definition) is 1. The highest BCUT2D eigenvalue weighted by Gasteiger charge is 2.25. The molecule has 1 aromatic carbocycles. The minimum Gasteiger partial charge on any atom is -0.483 e. The molecule has 1 aliphatic rings. The number of ether oxygens (including phenoxy) is 2. The number of hydrogen-bond acceptors (Lipinski definition) is 4. The van der Waals surface area contributed by atoms with E-state index >= 15 is 0 Å². The molecular weight excluding hydrogens is 356 g/mol. The van der Waals surface area contributed by atoms with Crippen molar-refractivity contribution in [1.29, 1.82) is 0 Å². The molecule has 0 aromatic heterocycles. The van der Waals surface area contributed by atoms with Gasteiger partial charge in [-0.25, -0.2) is 4.79 Å². The predicted molar refractivity (Wildman–Crippen MR) is 110 cm³/mol. The van der Waals surface area contributed by atoms with Gasteiger partial charge < -0.3 is 19.7 Å². The lowest BCUT2D eigenvalue weighted by molar-refractivity contribution is -0.134. The molecule has 1 aromatic rings. The van der Waals surface area contributed by atoms with Crippen LogP contribution >= 0.6 is 0 Å². The number of aryl methyl sites for hydroxylation is 1. The van der Waals surface area contributed by atoms with Gasteiger partial charge in [-0.3, -0.25) is 4.79 Å². The van der Waals surface area contributed by atoms with E-state index in [9.17, 15) is 9.59 Å². The lowest BCUT2D eigenvalue weighted by atomic mass is 9.85. The van der Waals surface area contributed by atoms with E-state index in [0.717, 1.165) is 11.3 Å². The minimum atomic E-state index is -0.443. The molecule has 1 aliphatic heterocycles. The van der Waals surface area contributed by atoms with Crippen molar-refractivity contribution in [1.82, 2.24) is 10.2 Å². The van der Waals surface area contributed by atoms with Gasteiger partial charge in [0.25, 0.3) is 5.91 Å². The number of piperidine rings is 1. The molecule has 2 rings (SSSR count). The van der Waals surface area contributed by atoms with Crippen LogP contribution in [0.1, 0.15) is 44.7 Å². The zero-order valence-corrected chi connectivity index (χ0v) is 17.4. The first-order chi connectivity index (χ1) is 13.2. The Morgan fingerprint density at radius 1 is 1.29 bits per heavy atom. The summed E-state index contributed by atoms with van der Waals surface area (Å²) in [6, 6.07) is 6.07. The van der Waals surface area contributed by atoms with Gasteiger partial charge in [0.1, 0.15) is 12.4 Å². The SMILES string of the molecule is C=CCOC(=O)NC1CCN(C(=O)COc2ccc(C)cc2C(C)(C)C)CC1. The van der Waals surface area contributed by atoms with Crippen molar-refractivity contribution in [2.45, 2.75) is 52.0 Å². The Morgan fingerprint density at radius 2 is 1.96 bits per heavy atom. The molecule has 0 saturated carbocycles. The van der Waals surface area contributed by atoms with Gasteiger partial charge in [-0.05, 0) is 36.8 Å². The Labute approximate surface area is 167 Å². The van der Waals surface area contributed by atoms with Gasteiger partial charge in [0, 0.05) is 19.1 Å². The van der Waals surface area contributed by atoms with Crippen molar-refractivity contribution >= 4 is 12.0 Å². The smallest absolute Gasteiger partial charge is 0.407 e. The van der Waals surface area contributed by atoms with Crippen LogP contribution in [0.25, 0.3) is 0 Å². The van der Waals surface area contributed by atoms with Crippen LogP contribution in [-0.4, -0.2) is 49.2 Å². The second kappa shape index (κ2) is 9.62. The van der Waals surface area contributed by atoms with Crippen LogP contribution in [0.2, 0.25) is 0 Å². The van der Waals surface area contributed by atoms with E-state index in [4.69, 9.17) is 9.47 Å². The molecule has 0 radical (unpaired) electrons. The first-order valence-corrected chi connectivity index (χ1v) is 9.76. The molecule has 1 saturated heterocycles. The first kappa shape index (κ1) is 21.8. The molecule has 0 atom stereocenters. The summed E-state index contributed by atoms with van der Waals surface area (Å²) < 4.78 is 10.8. The largest absolute Gasteiger partial charge is 0.483 e. The zero-order valence-electron chi connectivity index (χ0n) is 17.4. The van der Waals surface area contributed by atoms with Crippen molar-refractivity contribution in [3.63, 3.8) is 0 Å². The van der Waals surface area contributed by atoms with Gasteiger partial charge in [-0.1, -0.05) is 51.1 Å². The number of carbonyl (C=O) groups is 2. The van der Waals surface area contributed by atoms with E-state index in [1.54, 1.807) is 4.90 Å². The summed E-state index contributed by atoms with van der Waals surface area (Å²) in [5.74, 6) is 0.723. The van der Waals surface area contributed by atoms with Crippen molar-refractivity contribution < 1.29 is 19.1 Å². The molecule has 6 heteroatoms. The minimum absolute atomic E-state index is 0.0195. The molecule has 1 heterocycles. The summed E-state index contributed by atoms with van der Waals surface area (Å²) in [7, 11) is 0. The average Bonchev–Trinajstić information content (AvgIpc) is 2.65. The predicted octanol–water partition coefficient (Wildman–Crippen LogP) is 3.57. The van der Waals surface area contributed by atoms with E-state index in [1.165, 1.54) is 11.6 Å². The quantitative estimate of drug-likeness (QED) is 0.757. The third-order valence-electron chi connectivity index (χ3n) is 4.80. The molecule has 6 nitrogen and oxygen atoms in total. The number of nitrogens with zero attached hydrogens (tertiary/aromatic N) is 1. The Hall–Kier alpha value is -2.50. The van der Waals surface area contributed by atoms with Crippen LogP contribution < -0.4 is 10.1 Å². The van der Waals surface area contributed by atoms with Gasteiger partial charge >= 0.3 is 6.09 Å².